The number of nitrogens with zero attached hydrogens (tertiary/aromatic N) is 2. The van der Waals surface area contributed by atoms with Gasteiger partial charge in [-0.15, -0.1) is 0 Å². The summed E-state index contributed by atoms with van der Waals surface area (Å²) in [7, 11) is 0. The molecule has 320 valence electrons. The van der Waals surface area contributed by atoms with Gasteiger partial charge < -0.3 is 14.1 Å². The molecule has 0 N–H and O–H groups in total. The van der Waals surface area contributed by atoms with Crippen LogP contribution >= 0.6 is 0 Å². The Morgan fingerprint density at radius 2 is 1.02 bits per heavy atom. The Hall–Kier alpha value is -6.26. The van der Waals surface area contributed by atoms with Gasteiger partial charge >= 0.3 is 6.85 Å². The maximum Gasteiger partial charge on any atom is 0.333 e. The van der Waals surface area contributed by atoms with Crippen LogP contribution < -0.4 is 20.6 Å². The van der Waals surface area contributed by atoms with Crippen molar-refractivity contribution in [3.63, 3.8) is 0 Å². The fourth-order valence-electron chi connectivity index (χ4n) is 10.6. The normalized spacial score (nSPS) is 13.6. The molecule has 0 unspecified atom stereocenters. The molecule has 3 heterocycles. The molecule has 0 spiro atoms. The van der Waals surface area contributed by atoms with Gasteiger partial charge in [-0.1, -0.05) is 135 Å². The third kappa shape index (κ3) is 6.71. The fourth-order valence-corrected chi connectivity index (χ4v) is 10.6. The molecule has 8 aromatic rings. The summed E-state index contributed by atoms with van der Waals surface area (Å²) in [5.41, 5.74) is 25.7. The minimum absolute atomic E-state index is 0.0544. The predicted molar refractivity (Wildman–Crippen MR) is 276 cm³/mol. The van der Waals surface area contributed by atoms with Gasteiger partial charge in [-0.25, -0.2) is 0 Å². The van der Waals surface area contributed by atoms with E-state index in [0.717, 1.165) is 16.7 Å². The van der Waals surface area contributed by atoms with Gasteiger partial charge in [0.05, 0.1) is 6.26 Å². The monoisotopic (exact) mass is 836 g/mol. The molecule has 2 aliphatic heterocycles. The summed E-state index contributed by atoms with van der Waals surface area (Å²) in [5, 5.41) is 1.10. The van der Waals surface area contributed by atoms with Crippen LogP contribution in [0.2, 0.25) is 0 Å². The zero-order chi connectivity index (χ0) is 45.2. The average molecular weight is 837 g/mol. The predicted octanol–water partition coefficient (Wildman–Crippen LogP) is 15.6. The van der Waals surface area contributed by atoms with E-state index in [2.05, 4.69) is 227 Å². The second-order valence-electron chi connectivity index (χ2n) is 21.7. The summed E-state index contributed by atoms with van der Waals surface area (Å²) in [4.78, 5) is 5.22. The molecular formula is C60H61BN2O. The molecule has 0 amide bonds. The first-order valence-corrected chi connectivity index (χ1v) is 23.1. The highest BCUT2D eigenvalue weighted by atomic mass is 16.3. The molecule has 0 bridgehead atoms. The average Bonchev–Trinajstić information content (AvgIpc) is 3.71. The summed E-state index contributed by atoms with van der Waals surface area (Å²) < 4.78 is 6.65. The lowest BCUT2D eigenvalue weighted by atomic mass is 9.43. The summed E-state index contributed by atoms with van der Waals surface area (Å²) in [6, 6.07) is 48.9. The van der Waals surface area contributed by atoms with Gasteiger partial charge in [0.1, 0.15) is 5.58 Å². The van der Waals surface area contributed by atoms with E-state index >= 15 is 0 Å². The first-order chi connectivity index (χ1) is 30.3. The molecule has 4 heteroatoms. The zero-order valence-electron chi connectivity index (χ0n) is 40.1. The molecule has 2 aliphatic rings. The molecule has 7 aromatic carbocycles. The highest BCUT2D eigenvalue weighted by molar-refractivity contribution is 6.94. The molecule has 0 aliphatic carbocycles. The van der Waals surface area contributed by atoms with Crippen molar-refractivity contribution >= 4 is 57.2 Å². The topological polar surface area (TPSA) is 19.6 Å². The van der Waals surface area contributed by atoms with Crippen molar-refractivity contribution in [1.29, 1.82) is 0 Å². The number of hydrogen-bond acceptors (Lipinski definition) is 3. The van der Waals surface area contributed by atoms with E-state index in [4.69, 9.17) is 4.42 Å². The van der Waals surface area contributed by atoms with Crippen molar-refractivity contribution in [3.8, 4) is 33.4 Å². The maximum atomic E-state index is 6.65. The molecule has 1 aromatic heterocycles. The van der Waals surface area contributed by atoms with Crippen molar-refractivity contribution in [3.05, 3.63) is 173 Å². The summed E-state index contributed by atoms with van der Waals surface area (Å²) in [6.45, 7) is 29.8. The van der Waals surface area contributed by atoms with Gasteiger partial charge in [0, 0.05) is 45.0 Å². The van der Waals surface area contributed by atoms with E-state index in [1.54, 1.807) is 0 Å². The summed E-state index contributed by atoms with van der Waals surface area (Å²) in [5.74, 6) is 0. The Kier molecular flexibility index (Phi) is 9.55. The van der Waals surface area contributed by atoms with Crippen molar-refractivity contribution in [2.75, 3.05) is 9.71 Å². The Morgan fingerprint density at radius 1 is 0.453 bits per heavy atom. The van der Waals surface area contributed by atoms with E-state index in [0.29, 0.717) is 0 Å². The van der Waals surface area contributed by atoms with Crippen LogP contribution in [0.1, 0.15) is 101 Å². The van der Waals surface area contributed by atoms with E-state index in [-0.39, 0.29) is 23.1 Å². The van der Waals surface area contributed by atoms with Crippen LogP contribution in [0, 0.1) is 27.7 Å². The van der Waals surface area contributed by atoms with Crippen LogP contribution in [0.15, 0.2) is 138 Å². The number of benzene rings is 7. The largest absolute Gasteiger partial charge is 0.464 e. The lowest BCUT2D eigenvalue weighted by Gasteiger charge is -2.46. The lowest BCUT2D eigenvalue weighted by Crippen LogP contribution is -2.61. The van der Waals surface area contributed by atoms with Crippen molar-refractivity contribution < 1.29 is 4.42 Å². The number of fused-ring (bicyclic) bond motifs is 6. The number of anilines is 5. The highest BCUT2D eigenvalue weighted by Gasteiger charge is 2.47. The Balaban J connectivity index is 1.33. The second-order valence-corrected chi connectivity index (χ2v) is 21.7. The number of furan rings is 1. The molecular weight excluding hydrogens is 775 g/mol. The summed E-state index contributed by atoms with van der Waals surface area (Å²) in [6.07, 6.45) is 1.88. The van der Waals surface area contributed by atoms with Gasteiger partial charge in [-0.2, -0.15) is 0 Å². The molecule has 3 nitrogen and oxygen atoms in total. The Morgan fingerprint density at radius 3 is 1.59 bits per heavy atom. The third-order valence-electron chi connectivity index (χ3n) is 14.1. The second kappa shape index (κ2) is 14.6. The van der Waals surface area contributed by atoms with Crippen LogP contribution in [-0.4, -0.2) is 6.85 Å². The van der Waals surface area contributed by atoms with Crippen LogP contribution in [-0.2, 0) is 16.2 Å². The Labute approximate surface area is 381 Å². The van der Waals surface area contributed by atoms with Crippen molar-refractivity contribution in [1.82, 2.24) is 0 Å². The molecule has 0 saturated carbocycles. The van der Waals surface area contributed by atoms with Crippen LogP contribution in [0.4, 0.5) is 28.4 Å². The fraction of sp³-hybridized carbons (Fsp3) is 0.267. The van der Waals surface area contributed by atoms with E-state index in [1.807, 2.05) is 6.26 Å². The SMILES string of the molecule is Cc1cccc(C)c1-c1ccc(N2B3c4ccc(C(C)(C)C)cc4N(c4cc(C(C)(C)C)cc(C(C)(C)C)c4)c4cc5ccoc5c(c43)-c3cc(-c4c(C)cccc4C)ccc32)cc1. The van der Waals surface area contributed by atoms with Crippen LogP contribution in [0.3, 0.4) is 0 Å². The standard InChI is InChI=1S/C60H61BN2O/c1-36-16-14-17-37(2)53(36)40-20-24-46(25-21-40)63-50-27-22-41(54-38(3)18-15-19-39(54)4)30-48(50)55-56-52(31-42-28-29-64-57(42)55)62(51-35-43(58(5,6)7)23-26-49(51)61(56)63)47-33-44(59(8,9)10)32-45(34-47)60(11,12)13/h14-35H,1-13H3. The van der Waals surface area contributed by atoms with Crippen LogP contribution in [0.5, 0.6) is 0 Å². The van der Waals surface area contributed by atoms with Gasteiger partial charge in [0.2, 0.25) is 0 Å². The van der Waals surface area contributed by atoms with Crippen LogP contribution in [0.25, 0.3) is 44.3 Å². The van der Waals surface area contributed by atoms with Gasteiger partial charge in [0.25, 0.3) is 0 Å². The highest BCUT2D eigenvalue weighted by Crippen LogP contribution is 2.51. The van der Waals surface area contributed by atoms with Crippen molar-refractivity contribution in [2.45, 2.75) is 106 Å². The Bertz CT molecular complexity index is 3090. The zero-order valence-corrected chi connectivity index (χ0v) is 40.1. The van der Waals surface area contributed by atoms with E-state index in [1.165, 1.54) is 106 Å². The molecule has 64 heavy (non-hydrogen) atoms. The lowest BCUT2D eigenvalue weighted by molar-refractivity contribution is 0.569. The smallest absolute Gasteiger partial charge is 0.333 e. The van der Waals surface area contributed by atoms with Gasteiger partial charge in [-0.05, 0) is 171 Å². The minimum Gasteiger partial charge on any atom is -0.464 e. The minimum atomic E-state index is -0.141. The quantitative estimate of drug-likeness (QED) is 0.165. The van der Waals surface area contributed by atoms with Crippen molar-refractivity contribution in [2.24, 2.45) is 0 Å². The van der Waals surface area contributed by atoms with Gasteiger partial charge in [0.15, 0.2) is 0 Å². The number of aryl methyl sites for hydroxylation is 4. The number of rotatable bonds is 4. The maximum absolute atomic E-state index is 6.65. The molecule has 0 atom stereocenters. The summed E-state index contributed by atoms with van der Waals surface area (Å²) >= 11 is 0. The number of hydrogen-bond donors (Lipinski definition) is 0. The molecule has 0 radical (unpaired) electrons. The van der Waals surface area contributed by atoms with E-state index < -0.39 is 0 Å². The molecule has 0 fully saturated rings. The third-order valence-corrected chi connectivity index (χ3v) is 14.1. The van der Waals surface area contributed by atoms with E-state index in [9.17, 15) is 0 Å². The molecule has 10 rings (SSSR count). The van der Waals surface area contributed by atoms with Gasteiger partial charge in [-0.3, -0.25) is 0 Å². The first kappa shape index (κ1) is 41.7. The molecule has 0 saturated heterocycles. The first-order valence-electron chi connectivity index (χ1n) is 23.1.